The SMILES string of the molecule is Cl.N[C@@H](c1c(O)ccc2ccccc12)[C@H](O)Cc1ccccc1. The number of nitrogens with two attached hydrogens (primary N) is 1. The number of fused-ring (bicyclic) bond motifs is 1. The quantitative estimate of drug-likeness (QED) is 0.685. The minimum absolute atomic E-state index is 0. The molecule has 0 spiro atoms. The predicted octanol–water partition coefficient (Wildman–Crippen LogP) is 3.57. The van der Waals surface area contributed by atoms with Crippen molar-refractivity contribution in [2.24, 2.45) is 5.73 Å². The van der Waals surface area contributed by atoms with Crippen LogP contribution in [0.15, 0.2) is 66.7 Å². The number of phenolic OH excluding ortho intramolecular Hbond substituents is 1. The first-order chi connectivity index (χ1) is 10.7. The normalized spacial score (nSPS) is 13.3. The van der Waals surface area contributed by atoms with E-state index in [1.54, 1.807) is 6.07 Å². The lowest BCUT2D eigenvalue weighted by atomic mass is 9.92. The second-order valence-electron chi connectivity index (χ2n) is 5.50. The topological polar surface area (TPSA) is 66.5 Å². The molecular formula is C19H20ClNO2. The van der Waals surface area contributed by atoms with Crippen molar-refractivity contribution in [3.8, 4) is 5.75 Å². The largest absolute Gasteiger partial charge is 0.508 e. The molecule has 4 N–H and O–H groups in total. The van der Waals surface area contributed by atoms with Gasteiger partial charge in [-0.25, -0.2) is 0 Å². The molecule has 0 saturated carbocycles. The van der Waals surface area contributed by atoms with Gasteiger partial charge in [0.05, 0.1) is 12.1 Å². The number of aliphatic hydroxyl groups excluding tert-OH is 1. The lowest BCUT2D eigenvalue weighted by molar-refractivity contribution is 0.144. The molecule has 2 atom stereocenters. The van der Waals surface area contributed by atoms with Gasteiger partial charge >= 0.3 is 0 Å². The molecule has 3 aromatic carbocycles. The number of aliphatic hydroxyl groups is 1. The Morgan fingerprint density at radius 1 is 0.870 bits per heavy atom. The first kappa shape index (κ1) is 17.3. The zero-order chi connectivity index (χ0) is 15.5. The molecule has 120 valence electrons. The van der Waals surface area contributed by atoms with Crippen molar-refractivity contribution in [1.82, 2.24) is 0 Å². The number of hydrogen-bond acceptors (Lipinski definition) is 3. The van der Waals surface area contributed by atoms with Crippen molar-refractivity contribution < 1.29 is 10.2 Å². The maximum absolute atomic E-state index is 10.5. The second-order valence-corrected chi connectivity index (χ2v) is 5.50. The summed E-state index contributed by atoms with van der Waals surface area (Å²) in [4.78, 5) is 0. The zero-order valence-electron chi connectivity index (χ0n) is 12.6. The number of benzene rings is 3. The van der Waals surface area contributed by atoms with Gasteiger partial charge in [0.2, 0.25) is 0 Å². The summed E-state index contributed by atoms with van der Waals surface area (Å²) in [6, 6.07) is 20.3. The van der Waals surface area contributed by atoms with Crippen LogP contribution in [0, 0.1) is 0 Å². The van der Waals surface area contributed by atoms with Crippen molar-refractivity contribution >= 4 is 23.2 Å². The Bertz CT molecular complexity index is 777. The third kappa shape index (κ3) is 3.64. The first-order valence-corrected chi connectivity index (χ1v) is 7.35. The average molecular weight is 330 g/mol. The maximum atomic E-state index is 10.5. The third-order valence-electron chi connectivity index (χ3n) is 3.98. The average Bonchev–Trinajstić information content (AvgIpc) is 2.55. The highest BCUT2D eigenvalue weighted by Crippen LogP contribution is 2.33. The van der Waals surface area contributed by atoms with E-state index in [0.29, 0.717) is 12.0 Å². The van der Waals surface area contributed by atoms with Crippen molar-refractivity contribution in [1.29, 1.82) is 0 Å². The van der Waals surface area contributed by atoms with Gasteiger partial charge in [0, 0.05) is 12.0 Å². The molecular weight excluding hydrogens is 310 g/mol. The van der Waals surface area contributed by atoms with Crippen LogP contribution in [0.2, 0.25) is 0 Å². The minimum atomic E-state index is -0.765. The smallest absolute Gasteiger partial charge is 0.121 e. The van der Waals surface area contributed by atoms with Gasteiger partial charge in [-0.05, 0) is 22.4 Å². The highest BCUT2D eigenvalue weighted by atomic mass is 35.5. The van der Waals surface area contributed by atoms with Gasteiger partial charge in [0.15, 0.2) is 0 Å². The summed E-state index contributed by atoms with van der Waals surface area (Å²) >= 11 is 0. The van der Waals surface area contributed by atoms with Gasteiger partial charge in [-0.1, -0.05) is 60.7 Å². The van der Waals surface area contributed by atoms with Gasteiger partial charge in [0.25, 0.3) is 0 Å². The van der Waals surface area contributed by atoms with Gasteiger partial charge in [-0.2, -0.15) is 0 Å². The molecule has 0 saturated heterocycles. The molecule has 0 fully saturated rings. The molecule has 0 aliphatic rings. The Balaban J connectivity index is 0.00000192. The molecule has 3 aromatic rings. The molecule has 4 heteroatoms. The molecule has 0 heterocycles. The Morgan fingerprint density at radius 2 is 1.52 bits per heavy atom. The van der Waals surface area contributed by atoms with Crippen molar-refractivity contribution in [2.45, 2.75) is 18.6 Å². The summed E-state index contributed by atoms with van der Waals surface area (Å²) < 4.78 is 0. The molecule has 0 aromatic heterocycles. The van der Waals surface area contributed by atoms with Crippen LogP contribution in [0.3, 0.4) is 0 Å². The second kappa shape index (κ2) is 7.47. The van der Waals surface area contributed by atoms with Crippen LogP contribution in [0.1, 0.15) is 17.2 Å². The van der Waals surface area contributed by atoms with E-state index in [1.165, 1.54) is 0 Å². The van der Waals surface area contributed by atoms with Gasteiger partial charge in [-0.15, -0.1) is 12.4 Å². The fourth-order valence-corrected chi connectivity index (χ4v) is 2.81. The first-order valence-electron chi connectivity index (χ1n) is 7.35. The minimum Gasteiger partial charge on any atom is -0.508 e. The number of rotatable bonds is 4. The third-order valence-corrected chi connectivity index (χ3v) is 3.98. The van der Waals surface area contributed by atoms with E-state index in [-0.39, 0.29) is 18.2 Å². The molecule has 0 amide bonds. The summed E-state index contributed by atoms with van der Waals surface area (Å²) in [7, 11) is 0. The van der Waals surface area contributed by atoms with Crippen LogP contribution in [0.25, 0.3) is 10.8 Å². The molecule has 23 heavy (non-hydrogen) atoms. The number of aromatic hydroxyl groups is 1. The van der Waals surface area contributed by atoms with Crippen LogP contribution >= 0.6 is 12.4 Å². The van der Waals surface area contributed by atoms with Crippen molar-refractivity contribution in [3.63, 3.8) is 0 Å². The fourth-order valence-electron chi connectivity index (χ4n) is 2.81. The Hall–Kier alpha value is -2.07. The van der Waals surface area contributed by atoms with Crippen molar-refractivity contribution in [2.75, 3.05) is 0 Å². The van der Waals surface area contributed by atoms with Crippen molar-refractivity contribution in [3.05, 3.63) is 77.9 Å². The lowest BCUT2D eigenvalue weighted by Crippen LogP contribution is -2.28. The van der Waals surface area contributed by atoms with E-state index in [2.05, 4.69) is 0 Å². The monoisotopic (exact) mass is 329 g/mol. The lowest BCUT2D eigenvalue weighted by Gasteiger charge is -2.22. The maximum Gasteiger partial charge on any atom is 0.121 e. The molecule has 3 nitrogen and oxygen atoms in total. The fraction of sp³-hybridized carbons (Fsp3) is 0.158. The number of phenols is 1. The number of hydrogen-bond donors (Lipinski definition) is 3. The predicted molar refractivity (Wildman–Crippen MR) is 95.9 cm³/mol. The highest BCUT2D eigenvalue weighted by molar-refractivity contribution is 5.88. The molecule has 0 unspecified atom stereocenters. The van der Waals surface area contributed by atoms with E-state index in [1.807, 2.05) is 60.7 Å². The Labute approximate surface area is 141 Å². The van der Waals surface area contributed by atoms with Crippen LogP contribution < -0.4 is 5.73 Å². The van der Waals surface area contributed by atoms with E-state index in [0.717, 1.165) is 16.3 Å². The zero-order valence-corrected chi connectivity index (χ0v) is 13.4. The van der Waals surface area contributed by atoms with E-state index >= 15 is 0 Å². The van der Waals surface area contributed by atoms with Crippen LogP contribution in [0.4, 0.5) is 0 Å². The van der Waals surface area contributed by atoms with E-state index in [9.17, 15) is 10.2 Å². The van der Waals surface area contributed by atoms with E-state index < -0.39 is 12.1 Å². The summed E-state index contributed by atoms with van der Waals surface area (Å²) in [5.74, 6) is 0.123. The standard InChI is InChI=1S/C19H19NO2.ClH/c20-19(17(22)12-13-6-2-1-3-7-13)18-15-9-5-4-8-14(15)10-11-16(18)21;/h1-11,17,19,21-22H,12,20H2;1H/t17-,19-;/m1./s1. The van der Waals surface area contributed by atoms with Crippen LogP contribution in [-0.2, 0) is 6.42 Å². The molecule has 0 aliphatic carbocycles. The van der Waals surface area contributed by atoms with E-state index in [4.69, 9.17) is 5.73 Å². The van der Waals surface area contributed by atoms with Crippen LogP contribution in [-0.4, -0.2) is 16.3 Å². The summed E-state index contributed by atoms with van der Waals surface area (Å²) in [6.45, 7) is 0. The van der Waals surface area contributed by atoms with Gasteiger partial charge < -0.3 is 15.9 Å². The van der Waals surface area contributed by atoms with Gasteiger partial charge in [-0.3, -0.25) is 0 Å². The van der Waals surface area contributed by atoms with Gasteiger partial charge in [0.1, 0.15) is 5.75 Å². The Kier molecular flexibility index (Phi) is 5.61. The summed E-state index contributed by atoms with van der Waals surface area (Å²) in [5.41, 5.74) is 7.86. The summed E-state index contributed by atoms with van der Waals surface area (Å²) in [6.07, 6.45) is -0.316. The highest BCUT2D eigenvalue weighted by Gasteiger charge is 2.22. The number of halogens is 1. The van der Waals surface area contributed by atoms with Crippen LogP contribution in [0.5, 0.6) is 5.75 Å². The summed E-state index contributed by atoms with van der Waals surface area (Å²) in [5, 5.41) is 22.5. The molecule has 0 aliphatic heterocycles. The Morgan fingerprint density at radius 3 is 2.26 bits per heavy atom. The molecule has 0 radical (unpaired) electrons. The molecule has 0 bridgehead atoms. The molecule has 3 rings (SSSR count).